The zero-order valence-electron chi connectivity index (χ0n) is 9.22. The van der Waals surface area contributed by atoms with Crippen LogP contribution in [0.3, 0.4) is 0 Å². The van der Waals surface area contributed by atoms with Crippen LogP contribution in [0.1, 0.15) is 19.3 Å². The summed E-state index contributed by atoms with van der Waals surface area (Å²) in [5, 5.41) is 0. The summed E-state index contributed by atoms with van der Waals surface area (Å²) >= 11 is 0. The first-order valence-electron chi connectivity index (χ1n) is 4.97. The lowest BCUT2D eigenvalue weighted by molar-refractivity contribution is -0.140. The van der Waals surface area contributed by atoms with Crippen molar-refractivity contribution in [2.45, 2.75) is 25.3 Å². The lowest BCUT2D eigenvalue weighted by atomic mass is 9.95. The Labute approximate surface area is 102 Å². The van der Waals surface area contributed by atoms with Crippen molar-refractivity contribution in [2.24, 2.45) is 11.7 Å². The van der Waals surface area contributed by atoms with Gasteiger partial charge in [-0.2, -0.15) is 0 Å². The molecule has 2 unspecified atom stereocenters. The normalized spacial score (nSPS) is 27.9. The summed E-state index contributed by atoms with van der Waals surface area (Å²) in [6.45, 7) is 0. The second kappa shape index (κ2) is 6.42. The van der Waals surface area contributed by atoms with Crippen LogP contribution in [0.2, 0.25) is 0 Å². The third kappa shape index (κ3) is 4.67. The van der Waals surface area contributed by atoms with Crippen molar-refractivity contribution in [1.82, 2.24) is 0 Å². The Morgan fingerprint density at radius 2 is 2.12 bits per heavy atom. The zero-order valence-corrected chi connectivity index (χ0v) is 10.9. The molecular weight excluding hydrogens is 254 g/mol. The number of rotatable bonds is 3. The van der Waals surface area contributed by atoms with Crippen molar-refractivity contribution in [3.8, 4) is 0 Å². The van der Waals surface area contributed by atoms with E-state index < -0.39 is 9.84 Å². The standard InChI is InChI=1S/C9H17NO4S.ClH/c1-14-9(11)3-2-7-6-15(12,13)5-4-8(7)10;/h7-8H,2-6,10H2,1H3;1H. The minimum atomic E-state index is -2.95. The summed E-state index contributed by atoms with van der Waals surface area (Å²) in [6, 6.07) is -0.113. The SMILES string of the molecule is COC(=O)CCC1CS(=O)(=O)CCC1N.Cl. The number of nitrogens with two attached hydrogens (primary N) is 1. The molecule has 1 aliphatic heterocycles. The van der Waals surface area contributed by atoms with Crippen LogP contribution >= 0.6 is 12.4 Å². The van der Waals surface area contributed by atoms with Crippen LogP contribution < -0.4 is 5.73 Å². The monoisotopic (exact) mass is 271 g/mol. The van der Waals surface area contributed by atoms with Gasteiger partial charge in [0.1, 0.15) is 0 Å². The van der Waals surface area contributed by atoms with E-state index in [9.17, 15) is 13.2 Å². The molecule has 0 radical (unpaired) electrons. The molecule has 5 nitrogen and oxygen atoms in total. The van der Waals surface area contributed by atoms with Crippen molar-refractivity contribution in [1.29, 1.82) is 0 Å². The van der Waals surface area contributed by atoms with Crippen LogP contribution in [0.5, 0.6) is 0 Å². The summed E-state index contributed by atoms with van der Waals surface area (Å²) in [7, 11) is -1.63. The minimum Gasteiger partial charge on any atom is -0.469 e. The summed E-state index contributed by atoms with van der Waals surface area (Å²) in [5.74, 6) is -0.151. The molecular formula is C9H18ClNO4S. The van der Waals surface area contributed by atoms with Gasteiger partial charge >= 0.3 is 5.97 Å². The van der Waals surface area contributed by atoms with Gasteiger partial charge in [0.05, 0.1) is 18.6 Å². The predicted molar refractivity (Wildman–Crippen MR) is 63.2 cm³/mol. The number of ether oxygens (including phenoxy) is 1. The van der Waals surface area contributed by atoms with Crippen LogP contribution in [0, 0.1) is 5.92 Å². The number of sulfone groups is 1. The van der Waals surface area contributed by atoms with E-state index in [4.69, 9.17) is 5.73 Å². The van der Waals surface area contributed by atoms with Gasteiger partial charge in [-0.1, -0.05) is 0 Å². The van der Waals surface area contributed by atoms with Crippen LogP contribution in [-0.2, 0) is 19.4 Å². The maximum atomic E-state index is 11.3. The van der Waals surface area contributed by atoms with E-state index in [1.807, 2.05) is 0 Å². The fourth-order valence-electron chi connectivity index (χ4n) is 1.79. The molecule has 1 fully saturated rings. The maximum absolute atomic E-state index is 11.3. The molecule has 0 aromatic heterocycles. The largest absolute Gasteiger partial charge is 0.469 e. The molecule has 1 aliphatic rings. The predicted octanol–water partition coefficient (Wildman–Crippen LogP) is 0.123. The molecule has 0 aromatic carbocycles. The summed E-state index contributed by atoms with van der Waals surface area (Å²) in [4.78, 5) is 10.9. The van der Waals surface area contributed by atoms with E-state index >= 15 is 0 Å². The number of carbonyl (C=O) groups excluding carboxylic acids is 1. The second-order valence-corrected chi connectivity index (χ2v) is 6.17. The first-order chi connectivity index (χ1) is 6.94. The summed E-state index contributed by atoms with van der Waals surface area (Å²) < 4.78 is 27.2. The highest BCUT2D eigenvalue weighted by molar-refractivity contribution is 7.91. The number of halogens is 1. The van der Waals surface area contributed by atoms with Crippen LogP contribution in [-0.4, -0.2) is 39.0 Å². The number of esters is 1. The van der Waals surface area contributed by atoms with Gasteiger partial charge in [-0.05, 0) is 18.8 Å². The molecule has 0 aliphatic carbocycles. The van der Waals surface area contributed by atoms with Gasteiger partial charge in [-0.3, -0.25) is 4.79 Å². The summed E-state index contributed by atoms with van der Waals surface area (Å²) in [6.07, 6.45) is 1.23. The smallest absolute Gasteiger partial charge is 0.305 e. The van der Waals surface area contributed by atoms with Crippen LogP contribution in [0.15, 0.2) is 0 Å². The molecule has 2 N–H and O–H groups in total. The summed E-state index contributed by atoms with van der Waals surface area (Å²) in [5.41, 5.74) is 5.81. The topological polar surface area (TPSA) is 86.5 Å². The quantitative estimate of drug-likeness (QED) is 0.737. The molecule has 1 heterocycles. The van der Waals surface area contributed by atoms with Gasteiger partial charge in [0, 0.05) is 12.5 Å². The van der Waals surface area contributed by atoms with E-state index in [-0.39, 0.29) is 48.3 Å². The number of methoxy groups -OCH3 is 1. The number of hydrogen-bond acceptors (Lipinski definition) is 5. The van der Waals surface area contributed by atoms with Gasteiger partial charge in [-0.15, -0.1) is 12.4 Å². The third-order valence-electron chi connectivity index (χ3n) is 2.78. The Kier molecular flexibility index (Phi) is 6.28. The fraction of sp³-hybridized carbons (Fsp3) is 0.889. The maximum Gasteiger partial charge on any atom is 0.305 e. The van der Waals surface area contributed by atoms with Crippen LogP contribution in [0.25, 0.3) is 0 Å². The third-order valence-corrected chi connectivity index (χ3v) is 4.58. The lowest BCUT2D eigenvalue weighted by Gasteiger charge is -2.28. The molecule has 2 atom stereocenters. The van der Waals surface area contributed by atoms with E-state index in [1.165, 1.54) is 7.11 Å². The molecule has 7 heteroatoms. The van der Waals surface area contributed by atoms with Gasteiger partial charge in [0.15, 0.2) is 9.84 Å². The van der Waals surface area contributed by atoms with E-state index in [0.717, 1.165) is 0 Å². The Morgan fingerprint density at radius 3 is 2.69 bits per heavy atom. The van der Waals surface area contributed by atoms with E-state index in [1.54, 1.807) is 0 Å². The highest BCUT2D eigenvalue weighted by atomic mass is 35.5. The molecule has 0 amide bonds. The van der Waals surface area contributed by atoms with Gasteiger partial charge in [-0.25, -0.2) is 8.42 Å². The Hall–Kier alpha value is -0.330. The fourth-order valence-corrected chi connectivity index (χ4v) is 3.65. The highest BCUT2D eigenvalue weighted by Gasteiger charge is 2.30. The molecule has 96 valence electrons. The molecule has 16 heavy (non-hydrogen) atoms. The average molecular weight is 272 g/mol. The molecule has 1 rings (SSSR count). The lowest BCUT2D eigenvalue weighted by Crippen LogP contribution is -2.42. The molecule has 0 bridgehead atoms. The first kappa shape index (κ1) is 15.7. The van der Waals surface area contributed by atoms with E-state index in [0.29, 0.717) is 12.8 Å². The molecule has 0 saturated carbocycles. The van der Waals surface area contributed by atoms with Crippen LogP contribution in [0.4, 0.5) is 0 Å². The van der Waals surface area contributed by atoms with Crippen molar-refractivity contribution in [3.63, 3.8) is 0 Å². The Bertz CT molecular complexity index is 330. The second-order valence-electron chi connectivity index (χ2n) is 3.94. The van der Waals surface area contributed by atoms with Crippen molar-refractivity contribution >= 4 is 28.2 Å². The van der Waals surface area contributed by atoms with E-state index in [2.05, 4.69) is 4.74 Å². The first-order valence-corrected chi connectivity index (χ1v) is 6.79. The number of hydrogen-bond donors (Lipinski definition) is 1. The Morgan fingerprint density at radius 1 is 1.50 bits per heavy atom. The molecule has 0 spiro atoms. The number of carbonyl (C=O) groups is 1. The van der Waals surface area contributed by atoms with Crippen molar-refractivity contribution in [2.75, 3.05) is 18.6 Å². The van der Waals surface area contributed by atoms with Gasteiger partial charge in [0.2, 0.25) is 0 Å². The Balaban J connectivity index is 0.00000225. The van der Waals surface area contributed by atoms with Crippen molar-refractivity contribution < 1.29 is 17.9 Å². The molecule has 1 saturated heterocycles. The van der Waals surface area contributed by atoms with Gasteiger partial charge in [0.25, 0.3) is 0 Å². The van der Waals surface area contributed by atoms with Crippen molar-refractivity contribution in [3.05, 3.63) is 0 Å². The minimum absolute atomic E-state index is 0. The molecule has 0 aromatic rings. The van der Waals surface area contributed by atoms with Gasteiger partial charge < -0.3 is 10.5 Å². The highest BCUT2D eigenvalue weighted by Crippen LogP contribution is 2.21. The average Bonchev–Trinajstić information content (AvgIpc) is 2.19. The zero-order chi connectivity index (χ0) is 11.5.